The lowest BCUT2D eigenvalue weighted by Gasteiger charge is -2.21. The molecule has 0 saturated carbocycles. The average Bonchev–Trinajstić information content (AvgIpc) is 3.97. The maximum Gasteiger partial charge on any atom is 0.319 e. The Bertz CT molecular complexity index is 2380. The molecule has 342 valence electrons. The van der Waals surface area contributed by atoms with Crippen LogP contribution in [-0.2, 0) is 16.0 Å². The van der Waals surface area contributed by atoms with Crippen molar-refractivity contribution in [1.29, 1.82) is 0 Å². The summed E-state index contributed by atoms with van der Waals surface area (Å²) in [4.78, 5) is 38.1. The molecule has 1 aliphatic carbocycles. The number of fused-ring (bicyclic) bond motifs is 7. The Morgan fingerprint density at radius 2 is 1.51 bits per heavy atom. The van der Waals surface area contributed by atoms with E-state index in [0.717, 1.165) is 92.7 Å². The topological polar surface area (TPSA) is 143 Å². The number of aliphatic carboxylic acids is 1. The van der Waals surface area contributed by atoms with Gasteiger partial charge in [-0.05, 0) is 118 Å². The quantitative estimate of drug-likeness (QED) is 0.0358. The molecule has 1 saturated heterocycles. The van der Waals surface area contributed by atoms with E-state index in [4.69, 9.17) is 4.74 Å². The first-order valence-electron chi connectivity index (χ1n) is 24.0. The molecule has 5 heterocycles. The van der Waals surface area contributed by atoms with Crippen LogP contribution in [-0.4, -0.2) is 49.8 Å². The molecule has 3 aromatic heterocycles. The lowest BCUT2D eigenvalue weighted by Crippen LogP contribution is -2.24. The van der Waals surface area contributed by atoms with Gasteiger partial charge >= 0.3 is 5.97 Å². The van der Waals surface area contributed by atoms with Crippen LogP contribution in [0.25, 0.3) is 29.9 Å². The van der Waals surface area contributed by atoms with Crippen molar-refractivity contribution in [3.05, 3.63) is 96.5 Å². The number of aromatic nitrogens is 3. The van der Waals surface area contributed by atoms with Crippen LogP contribution in [0, 0.1) is 56.3 Å². The van der Waals surface area contributed by atoms with Crippen molar-refractivity contribution in [3.63, 3.8) is 0 Å². The maximum atomic E-state index is 14.2. The van der Waals surface area contributed by atoms with Gasteiger partial charge in [0.25, 0.3) is 0 Å². The van der Waals surface area contributed by atoms with Crippen molar-refractivity contribution in [3.8, 4) is 0 Å². The van der Waals surface area contributed by atoms with E-state index in [1.54, 1.807) is 0 Å². The number of aromatic amines is 3. The fourth-order valence-corrected chi connectivity index (χ4v) is 10.4. The van der Waals surface area contributed by atoms with Crippen molar-refractivity contribution >= 4 is 41.6 Å². The van der Waals surface area contributed by atoms with Crippen molar-refractivity contribution in [2.75, 3.05) is 6.61 Å². The van der Waals surface area contributed by atoms with E-state index in [1.165, 1.54) is 56.1 Å². The number of aliphatic hydroxyl groups excluding tert-OH is 1. The first-order valence-corrected chi connectivity index (χ1v) is 24.0. The molecule has 0 spiro atoms. The summed E-state index contributed by atoms with van der Waals surface area (Å²) in [5.74, 6) is -0.896. The standard InChI is InChI=1S/C54H76N4O5/c1-12-38-34(8)41-27-43-36(10)40(23-24-47(59)63-26-25-33(7)22-16-21-32(6)20-15-19-31(5)18-14-17-30(3)4)51(57-43)49-50(54(61)62)53(60)48-37(11)44(58-52(48)49)29-46-39(13-2)35(9)42(56-46)28-45(38)55-41/h12,25,27-32,36,40,47,50,55-59H,1,13-24,26H2,2-11H3,(H,61,62)/b33-25+,42-28-,43-27-,46-29-,51-49-/t31-,32-,36+,40+,47?,50-/m1/s1. The Morgan fingerprint density at radius 3 is 2.16 bits per heavy atom. The average molecular weight is 861 g/mol. The van der Waals surface area contributed by atoms with E-state index in [1.807, 2.05) is 19.1 Å². The van der Waals surface area contributed by atoms with Crippen molar-refractivity contribution < 1.29 is 24.5 Å². The van der Waals surface area contributed by atoms with Gasteiger partial charge in [-0.3, -0.25) is 9.59 Å². The lowest BCUT2D eigenvalue weighted by molar-refractivity contribution is -0.138. The van der Waals surface area contributed by atoms with Crippen molar-refractivity contribution in [1.82, 2.24) is 20.3 Å². The zero-order valence-corrected chi connectivity index (χ0v) is 39.9. The summed E-state index contributed by atoms with van der Waals surface area (Å²) >= 11 is 0. The summed E-state index contributed by atoms with van der Waals surface area (Å²) in [6.45, 7) is 26.4. The van der Waals surface area contributed by atoms with E-state index >= 15 is 0 Å². The number of Topliss-reactive ketones (excluding diaryl/α,β-unsaturated/α-hetero) is 1. The number of carboxylic acid groups (broad SMARTS) is 1. The Labute approximate surface area is 376 Å². The Morgan fingerprint density at radius 1 is 0.857 bits per heavy atom. The van der Waals surface area contributed by atoms with Crippen molar-refractivity contribution in [2.24, 2.45) is 35.5 Å². The number of nitrogens with one attached hydrogen (secondary N) is 4. The molecule has 3 aromatic rings. The molecular weight excluding hydrogens is 785 g/mol. The minimum absolute atomic E-state index is 0.0871. The third kappa shape index (κ3) is 10.7. The number of ketones is 1. The largest absolute Gasteiger partial charge is 0.480 e. The van der Waals surface area contributed by atoms with Crippen LogP contribution in [0.15, 0.2) is 29.6 Å². The number of ether oxygens (including phenoxy) is 1. The minimum atomic E-state index is -1.36. The molecule has 0 aromatic carbocycles. The highest BCUT2D eigenvalue weighted by Crippen LogP contribution is 2.48. The minimum Gasteiger partial charge on any atom is -0.480 e. The molecule has 8 bridgehead atoms. The van der Waals surface area contributed by atoms with E-state index in [0.29, 0.717) is 42.0 Å². The number of allylic oxidation sites excluding steroid dienone is 3. The second kappa shape index (κ2) is 20.9. The number of carboxylic acids is 1. The summed E-state index contributed by atoms with van der Waals surface area (Å²) < 4.78 is 5.96. The Kier molecular flexibility index (Phi) is 15.9. The zero-order chi connectivity index (χ0) is 45.7. The van der Waals surface area contributed by atoms with Crippen LogP contribution >= 0.6 is 0 Å². The SMILES string of the molecule is C=Cc1c2[nH]c(c1C)/C=C1\N/C(=C3\c4[nH]c(c(C)c4C(=O)[C@@H]3C(=O)O)/C=c3\[nH]/c(c(C)c3CC)=C\2)[C@@H](CCC(O)OC/C=C(\C)CCC[C@H](C)CCC[C@H](C)CCCC(C)C)[C@@H]1C. The molecule has 0 radical (unpaired) electrons. The number of H-pyrrole nitrogens is 3. The summed E-state index contributed by atoms with van der Waals surface area (Å²) in [6.07, 6.45) is 22.3. The smallest absolute Gasteiger partial charge is 0.319 e. The number of carbonyl (C=O) groups is 2. The molecule has 2 aliphatic heterocycles. The molecule has 1 fully saturated rings. The van der Waals surface area contributed by atoms with E-state index in [-0.39, 0.29) is 11.8 Å². The number of aliphatic hydroxyl groups is 1. The van der Waals surface area contributed by atoms with Crippen LogP contribution in [0.2, 0.25) is 0 Å². The highest BCUT2D eigenvalue weighted by atomic mass is 16.6. The van der Waals surface area contributed by atoms with E-state index < -0.39 is 24.0 Å². The highest BCUT2D eigenvalue weighted by molar-refractivity contribution is 6.24. The molecular formula is C54H76N4O5. The molecule has 6 rings (SSSR count). The van der Waals surface area contributed by atoms with E-state index in [2.05, 4.69) is 107 Å². The van der Waals surface area contributed by atoms with Crippen molar-refractivity contribution in [2.45, 2.75) is 153 Å². The van der Waals surface area contributed by atoms with Crippen LogP contribution in [0.4, 0.5) is 0 Å². The molecule has 6 N–H and O–H groups in total. The van der Waals surface area contributed by atoms with Gasteiger partial charge < -0.3 is 35.2 Å². The number of rotatable bonds is 21. The van der Waals surface area contributed by atoms with Crippen LogP contribution < -0.4 is 16.0 Å². The molecule has 3 aliphatic rings. The Hall–Kier alpha value is -4.60. The lowest BCUT2D eigenvalue weighted by atomic mass is 9.85. The van der Waals surface area contributed by atoms with E-state index in [9.17, 15) is 19.8 Å². The van der Waals surface area contributed by atoms with Gasteiger partial charge in [0.1, 0.15) is 5.92 Å². The highest BCUT2D eigenvalue weighted by Gasteiger charge is 2.48. The molecule has 1 unspecified atom stereocenters. The van der Waals surface area contributed by atoms with Crippen LogP contribution in [0.1, 0.15) is 180 Å². The van der Waals surface area contributed by atoms with Gasteiger partial charge in [0.2, 0.25) is 0 Å². The summed E-state index contributed by atoms with van der Waals surface area (Å²) in [5, 5.41) is 27.4. The summed E-state index contributed by atoms with van der Waals surface area (Å²) in [7, 11) is 0. The Balaban J connectivity index is 1.20. The summed E-state index contributed by atoms with van der Waals surface area (Å²) in [6, 6.07) is 0. The first-order chi connectivity index (χ1) is 30.0. The van der Waals surface area contributed by atoms with Gasteiger partial charge in [-0.15, -0.1) is 0 Å². The normalized spacial score (nSPS) is 22.9. The number of carbonyl (C=O) groups excluding carboxylic acids is 1. The second-order valence-electron chi connectivity index (χ2n) is 19.7. The van der Waals surface area contributed by atoms with Gasteiger partial charge in [-0.2, -0.15) is 0 Å². The predicted octanol–water partition coefficient (Wildman–Crippen LogP) is 10.8. The van der Waals surface area contributed by atoms with Gasteiger partial charge in [-0.25, -0.2) is 0 Å². The molecule has 9 nitrogen and oxygen atoms in total. The molecule has 0 amide bonds. The number of hydrogen-bond acceptors (Lipinski definition) is 5. The second-order valence-corrected chi connectivity index (χ2v) is 19.7. The molecule has 63 heavy (non-hydrogen) atoms. The monoisotopic (exact) mass is 861 g/mol. The third-order valence-electron chi connectivity index (χ3n) is 14.5. The fraction of sp³-hybridized carbons (Fsp3) is 0.556. The fourth-order valence-electron chi connectivity index (χ4n) is 10.4. The van der Waals surface area contributed by atoms with Gasteiger partial charge in [0.15, 0.2) is 12.1 Å². The first kappa shape index (κ1) is 47.9. The van der Waals surface area contributed by atoms with Crippen LogP contribution in [0.5, 0.6) is 0 Å². The van der Waals surface area contributed by atoms with Crippen LogP contribution in [0.3, 0.4) is 0 Å². The van der Waals surface area contributed by atoms with Gasteiger partial charge in [-0.1, -0.05) is 111 Å². The van der Waals surface area contributed by atoms with Gasteiger partial charge in [0.05, 0.1) is 12.3 Å². The maximum absolute atomic E-state index is 14.2. The molecule has 6 atom stereocenters. The third-order valence-corrected chi connectivity index (χ3v) is 14.5. The summed E-state index contributed by atoms with van der Waals surface area (Å²) in [5.41, 5.74) is 12.1. The number of hydrogen-bond donors (Lipinski definition) is 6. The predicted molar refractivity (Wildman–Crippen MR) is 258 cm³/mol. The zero-order valence-electron chi connectivity index (χ0n) is 39.9. The molecule has 9 heteroatoms. The van der Waals surface area contributed by atoms with Gasteiger partial charge in [0, 0.05) is 67.7 Å².